The van der Waals surface area contributed by atoms with E-state index in [-0.39, 0.29) is 16.2 Å². The van der Waals surface area contributed by atoms with E-state index in [1.165, 1.54) is 50.1 Å². The minimum atomic E-state index is -0.158. The van der Waals surface area contributed by atoms with Gasteiger partial charge in [0, 0.05) is 39.1 Å². The fourth-order valence-corrected chi connectivity index (χ4v) is 8.31. The maximum Gasteiger partial charge on any atom is 0.0937 e. The summed E-state index contributed by atoms with van der Waals surface area (Å²) < 4.78 is 0. The summed E-state index contributed by atoms with van der Waals surface area (Å²) in [4.78, 5) is 15.2. The van der Waals surface area contributed by atoms with Gasteiger partial charge in [-0.3, -0.25) is 4.98 Å². The zero-order valence-electron chi connectivity index (χ0n) is 26.7. The highest BCUT2D eigenvalue weighted by molar-refractivity contribution is 5.86. The summed E-state index contributed by atoms with van der Waals surface area (Å²) in [5.74, 6) is 0. The summed E-state index contributed by atoms with van der Waals surface area (Å²) in [5, 5.41) is 0. The van der Waals surface area contributed by atoms with Gasteiger partial charge >= 0.3 is 0 Å². The van der Waals surface area contributed by atoms with Crippen molar-refractivity contribution < 1.29 is 0 Å². The third kappa shape index (κ3) is 3.44. The van der Waals surface area contributed by atoms with E-state index in [4.69, 9.17) is 15.0 Å². The van der Waals surface area contributed by atoms with E-state index in [2.05, 4.69) is 133 Å². The normalized spacial score (nSPS) is 16.8. The van der Waals surface area contributed by atoms with Gasteiger partial charge in [0.25, 0.3) is 0 Å². The number of hydrogen-bond acceptors (Lipinski definition) is 3. The lowest BCUT2D eigenvalue weighted by Crippen LogP contribution is -2.15. The quantitative estimate of drug-likeness (QED) is 0.204. The van der Waals surface area contributed by atoms with Crippen molar-refractivity contribution in [3.63, 3.8) is 0 Å². The van der Waals surface area contributed by atoms with Crippen molar-refractivity contribution in [3.05, 3.63) is 137 Å². The summed E-state index contributed by atoms with van der Waals surface area (Å²) >= 11 is 0. The van der Waals surface area contributed by atoms with Gasteiger partial charge in [0.1, 0.15) is 0 Å². The zero-order valence-corrected chi connectivity index (χ0v) is 26.7. The van der Waals surface area contributed by atoms with Crippen LogP contribution in [-0.2, 0) is 16.2 Å². The molecule has 0 bridgehead atoms. The van der Waals surface area contributed by atoms with Gasteiger partial charge < -0.3 is 0 Å². The summed E-state index contributed by atoms with van der Waals surface area (Å²) in [6.07, 6.45) is 1.87. The topological polar surface area (TPSA) is 38.7 Å². The van der Waals surface area contributed by atoms with Crippen LogP contribution in [0.4, 0.5) is 0 Å². The first kappa shape index (κ1) is 26.5. The summed E-state index contributed by atoms with van der Waals surface area (Å²) in [5.41, 5.74) is 18.8. The average Bonchev–Trinajstić information content (AvgIpc) is 3.53. The molecule has 3 heterocycles. The first-order valence-corrected chi connectivity index (χ1v) is 16.0. The molecule has 0 N–H and O–H groups in total. The molecule has 3 nitrogen and oxygen atoms in total. The molecule has 0 unspecified atom stereocenters. The lowest BCUT2D eigenvalue weighted by atomic mass is 9.81. The highest BCUT2D eigenvalue weighted by Crippen LogP contribution is 2.52. The molecule has 0 spiro atoms. The fraction of sp³-hybridized carbons (Fsp3) is 0.214. The zero-order chi connectivity index (χ0) is 30.9. The maximum atomic E-state index is 5.28. The molecule has 6 aromatic rings. The molecule has 45 heavy (non-hydrogen) atoms. The van der Waals surface area contributed by atoms with Crippen molar-refractivity contribution in [2.75, 3.05) is 0 Å². The molecule has 0 fully saturated rings. The van der Waals surface area contributed by atoms with Crippen LogP contribution < -0.4 is 0 Å². The van der Waals surface area contributed by atoms with E-state index in [1.54, 1.807) is 0 Å². The fourth-order valence-electron chi connectivity index (χ4n) is 8.31. The van der Waals surface area contributed by atoms with Gasteiger partial charge in [0.05, 0.1) is 28.5 Å². The van der Waals surface area contributed by atoms with E-state index < -0.39 is 0 Å². The van der Waals surface area contributed by atoms with Crippen LogP contribution in [0.3, 0.4) is 0 Å². The van der Waals surface area contributed by atoms with Crippen molar-refractivity contribution >= 4 is 0 Å². The molecule has 9 rings (SSSR count). The average molecular weight is 582 g/mol. The highest BCUT2D eigenvalue weighted by Gasteiger charge is 2.39. The molecule has 3 aromatic heterocycles. The third-order valence-electron chi connectivity index (χ3n) is 11.0. The summed E-state index contributed by atoms with van der Waals surface area (Å²) in [6.45, 7) is 13.8. The molecular formula is C42H35N3. The van der Waals surface area contributed by atoms with Crippen LogP contribution in [0.5, 0.6) is 0 Å². The van der Waals surface area contributed by atoms with Gasteiger partial charge in [-0.05, 0) is 74.8 Å². The largest absolute Gasteiger partial charge is 0.254 e. The van der Waals surface area contributed by atoms with E-state index in [1.807, 2.05) is 12.3 Å². The first-order valence-electron chi connectivity index (χ1n) is 16.0. The Labute approximate surface area is 265 Å². The van der Waals surface area contributed by atoms with Crippen molar-refractivity contribution in [1.82, 2.24) is 15.0 Å². The van der Waals surface area contributed by atoms with Crippen LogP contribution in [0.1, 0.15) is 74.9 Å². The Morgan fingerprint density at radius 3 is 1.58 bits per heavy atom. The van der Waals surface area contributed by atoms with Crippen molar-refractivity contribution in [1.29, 1.82) is 0 Å². The second kappa shape index (κ2) is 8.63. The SMILES string of the molecule is CC1(C)c2cc(-c3ccc4c(n3)-c3ccccc3C4(C)C)ccc2-c2ccc(-c3ccc4c(n3)-c3ncccc3C4(C)C)cc21. The first-order chi connectivity index (χ1) is 21.6. The van der Waals surface area contributed by atoms with Gasteiger partial charge in [-0.2, -0.15) is 0 Å². The van der Waals surface area contributed by atoms with Crippen LogP contribution in [0.25, 0.3) is 56.3 Å². The molecule has 0 saturated carbocycles. The maximum absolute atomic E-state index is 5.28. The predicted molar refractivity (Wildman–Crippen MR) is 183 cm³/mol. The minimum absolute atomic E-state index is 0.0411. The second-order valence-corrected chi connectivity index (χ2v) is 14.5. The Kier molecular flexibility index (Phi) is 5.09. The molecule has 3 aromatic carbocycles. The van der Waals surface area contributed by atoms with Crippen molar-refractivity contribution in [2.45, 2.75) is 57.8 Å². The van der Waals surface area contributed by atoms with Crippen LogP contribution in [0.15, 0.2) is 103 Å². The monoisotopic (exact) mass is 581 g/mol. The van der Waals surface area contributed by atoms with Crippen LogP contribution >= 0.6 is 0 Å². The van der Waals surface area contributed by atoms with E-state index >= 15 is 0 Å². The van der Waals surface area contributed by atoms with Gasteiger partial charge in [0.2, 0.25) is 0 Å². The minimum Gasteiger partial charge on any atom is -0.254 e. The van der Waals surface area contributed by atoms with Gasteiger partial charge in [-0.15, -0.1) is 0 Å². The number of benzene rings is 3. The predicted octanol–water partition coefficient (Wildman–Crippen LogP) is 10.1. The lowest BCUT2D eigenvalue weighted by Gasteiger charge is -2.23. The Morgan fingerprint density at radius 2 is 0.911 bits per heavy atom. The smallest absolute Gasteiger partial charge is 0.0937 e. The molecule has 0 saturated heterocycles. The summed E-state index contributed by atoms with van der Waals surface area (Å²) in [7, 11) is 0. The summed E-state index contributed by atoms with van der Waals surface area (Å²) in [6, 6.07) is 35.6. The molecule has 3 aliphatic carbocycles. The van der Waals surface area contributed by atoms with Crippen molar-refractivity contribution in [2.24, 2.45) is 0 Å². The van der Waals surface area contributed by atoms with Crippen LogP contribution in [-0.4, -0.2) is 15.0 Å². The lowest BCUT2D eigenvalue weighted by molar-refractivity contribution is 0.658. The highest BCUT2D eigenvalue weighted by atomic mass is 14.8. The number of pyridine rings is 3. The third-order valence-corrected chi connectivity index (χ3v) is 11.0. The second-order valence-electron chi connectivity index (χ2n) is 14.5. The molecule has 3 aliphatic rings. The van der Waals surface area contributed by atoms with Gasteiger partial charge in [-0.25, -0.2) is 9.97 Å². The molecule has 3 heteroatoms. The number of fused-ring (bicyclic) bond motifs is 9. The van der Waals surface area contributed by atoms with Crippen molar-refractivity contribution in [3.8, 4) is 56.3 Å². The Bertz CT molecular complexity index is 2090. The van der Waals surface area contributed by atoms with E-state index in [0.717, 1.165) is 39.6 Å². The molecule has 218 valence electrons. The molecule has 0 radical (unpaired) electrons. The molecule has 0 atom stereocenters. The molecule has 0 amide bonds. The Hall–Kier alpha value is -4.89. The van der Waals surface area contributed by atoms with Crippen LogP contribution in [0.2, 0.25) is 0 Å². The number of aromatic nitrogens is 3. The van der Waals surface area contributed by atoms with Gasteiger partial charge in [0.15, 0.2) is 0 Å². The molecular weight excluding hydrogens is 546 g/mol. The van der Waals surface area contributed by atoms with Gasteiger partial charge in [-0.1, -0.05) is 108 Å². The number of hydrogen-bond donors (Lipinski definition) is 0. The standard InChI is InChI=1S/C42H35N3/c1-40(2)29-11-8-7-10-28(29)37-31(40)17-19-35(44-37)24-13-15-26-27-16-14-25(23-34(27)42(5,6)33(26)22-24)36-20-18-32-39(45-36)38-30(41(32,3)4)12-9-21-43-38/h7-23H,1-6H3. The van der Waals surface area contributed by atoms with E-state index in [9.17, 15) is 0 Å². The van der Waals surface area contributed by atoms with Crippen LogP contribution in [0, 0.1) is 0 Å². The number of rotatable bonds is 2. The Balaban J connectivity index is 1.11. The number of nitrogens with zero attached hydrogens (tertiary/aromatic N) is 3. The van der Waals surface area contributed by atoms with E-state index in [0.29, 0.717) is 0 Å². The molecule has 0 aliphatic heterocycles. The Morgan fingerprint density at radius 1 is 0.400 bits per heavy atom.